The van der Waals surface area contributed by atoms with E-state index in [0.29, 0.717) is 0 Å². The fourth-order valence-electron chi connectivity index (χ4n) is 0.402. The standard InChI is InChI=1S/C5H9AsO4/c6-3(5(9)10)1-2-4(7)8/h3H,1-2,6H2,(H,7,8)(H,9,10)/t3-/m0/s1. The van der Waals surface area contributed by atoms with Gasteiger partial charge in [-0.1, -0.05) is 0 Å². The predicted molar refractivity (Wildman–Crippen MR) is 36.8 cm³/mol. The molecule has 5 heteroatoms. The molecule has 1 unspecified atom stereocenters. The number of carbonyl (C=O) groups is 2. The van der Waals surface area contributed by atoms with E-state index in [4.69, 9.17) is 10.2 Å². The Morgan fingerprint density at radius 2 is 1.90 bits per heavy atom. The summed E-state index contributed by atoms with van der Waals surface area (Å²) in [5.41, 5.74) is 0. The van der Waals surface area contributed by atoms with Crippen LogP contribution in [0, 0.1) is 0 Å². The molecule has 0 aromatic rings. The molecule has 4 nitrogen and oxygen atoms in total. The molecule has 0 aliphatic rings. The first-order chi connectivity index (χ1) is 4.54. The van der Waals surface area contributed by atoms with Crippen molar-refractivity contribution < 1.29 is 19.8 Å². The monoisotopic (exact) mass is 208 g/mol. The Balaban J connectivity index is 3.49. The van der Waals surface area contributed by atoms with E-state index in [1.54, 1.807) is 0 Å². The van der Waals surface area contributed by atoms with Gasteiger partial charge in [-0.2, -0.15) is 0 Å². The van der Waals surface area contributed by atoms with Gasteiger partial charge >= 0.3 is 66.1 Å². The van der Waals surface area contributed by atoms with Crippen LogP contribution < -0.4 is 0 Å². The van der Waals surface area contributed by atoms with Gasteiger partial charge < -0.3 is 0 Å². The van der Waals surface area contributed by atoms with E-state index in [-0.39, 0.29) is 12.8 Å². The van der Waals surface area contributed by atoms with Crippen LogP contribution in [0.15, 0.2) is 0 Å². The molecule has 0 aromatic heterocycles. The van der Waals surface area contributed by atoms with Gasteiger partial charge in [0.05, 0.1) is 0 Å². The van der Waals surface area contributed by atoms with Crippen molar-refractivity contribution >= 4 is 28.8 Å². The third-order valence-corrected chi connectivity index (χ3v) is 2.28. The fourth-order valence-corrected chi connectivity index (χ4v) is 0.752. The van der Waals surface area contributed by atoms with Crippen molar-refractivity contribution in [2.75, 3.05) is 0 Å². The minimum atomic E-state index is -0.941. The first-order valence-corrected chi connectivity index (χ1v) is 4.14. The van der Waals surface area contributed by atoms with Gasteiger partial charge in [-0.05, 0) is 0 Å². The molecule has 0 radical (unpaired) electrons. The van der Waals surface area contributed by atoms with Gasteiger partial charge in [0.15, 0.2) is 0 Å². The summed E-state index contributed by atoms with van der Waals surface area (Å²) in [6.45, 7) is 0. The van der Waals surface area contributed by atoms with Gasteiger partial charge in [-0.3, -0.25) is 0 Å². The molecule has 0 spiro atoms. The molecule has 58 valence electrons. The van der Waals surface area contributed by atoms with Crippen LogP contribution in [-0.4, -0.2) is 39.0 Å². The molecular formula is C5H9AsO4. The number of hydrogen-bond acceptors (Lipinski definition) is 2. The van der Waals surface area contributed by atoms with Crippen molar-refractivity contribution in [2.24, 2.45) is 0 Å². The maximum absolute atomic E-state index is 10.1. The second kappa shape index (κ2) is 4.34. The Labute approximate surface area is 66.7 Å². The molecule has 2 N–H and O–H groups in total. The first kappa shape index (κ1) is 9.50. The summed E-state index contributed by atoms with van der Waals surface area (Å²) < 4.78 is -0.497. The summed E-state index contributed by atoms with van der Waals surface area (Å²) in [7, 11) is 0. The molecule has 0 rings (SSSR count). The van der Waals surface area contributed by atoms with Crippen LogP contribution >= 0.6 is 0 Å². The molecule has 2 atom stereocenters. The zero-order valence-corrected chi connectivity index (χ0v) is 7.70. The quantitative estimate of drug-likeness (QED) is 0.602. The minimum absolute atomic E-state index is 0.0603. The summed E-state index contributed by atoms with van der Waals surface area (Å²) in [5.74, 6) is -1.86. The third kappa shape index (κ3) is 4.38. The van der Waals surface area contributed by atoms with E-state index in [0.717, 1.165) is 16.9 Å². The van der Waals surface area contributed by atoms with Crippen LogP contribution in [0.1, 0.15) is 12.8 Å². The molecule has 0 fully saturated rings. The van der Waals surface area contributed by atoms with Crippen molar-refractivity contribution in [1.29, 1.82) is 0 Å². The molecule has 0 aliphatic carbocycles. The zero-order chi connectivity index (χ0) is 8.15. The Hall–Kier alpha value is -0.502. The van der Waals surface area contributed by atoms with Crippen LogP contribution in [0.5, 0.6) is 0 Å². The third-order valence-electron chi connectivity index (χ3n) is 0.986. The molecule has 0 amide bonds. The molecule has 0 aliphatic heterocycles. The summed E-state index contributed by atoms with van der Waals surface area (Å²) in [6.07, 6.45) is 0.167. The van der Waals surface area contributed by atoms with Gasteiger partial charge in [0, 0.05) is 0 Å². The Morgan fingerprint density at radius 3 is 2.20 bits per heavy atom. The number of carboxylic acids is 2. The van der Waals surface area contributed by atoms with E-state index in [2.05, 4.69) is 0 Å². The Kier molecular flexibility index (Phi) is 4.12. The molecule has 0 saturated carbocycles. The Bertz CT molecular complexity index is 145. The second-order valence-electron chi connectivity index (χ2n) is 1.88. The van der Waals surface area contributed by atoms with Crippen LogP contribution in [0.2, 0.25) is 4.71 Å². The molecular weight excluding hydrogens is 199 g/mol. The van der Waals surface area contributed by atoms with Crippen molar-refractivity contribution in [3.05, 3.63) is 0 Å². The van der Waals surface area contributed by atoms with Crippen LogP contribution in [0.4, 0.5) is 0 Å². The average molecular weight is 208 g/mol. The summed E-state index contributed by atoms with van der Waals surface area (Å²) in [5, 5.41) is 16.5. The first-order valence-electron chi connectivity index (χ1n) is 2.74. The molecule has 0 saturated heterocycles. The van der Waals surface area contributed by atoms with E-state index < -0.39 is 16.6 Å². The van der Waals surface area contributed by atoms with E-state index >= 15 is 0 Å². The van der Waals surface area contributed by atoms with Crippen molar-refractivity contribution in [3.8, 4) is 0 Å². The number of aliphatic carboxylic acids is 2. The van der Waals surface area contributed by atoms with E-state index in [9.17, 15) is 9.59 Å². The van der Waals surface area contributed by atoms with Crippen molar-refractivity contribution in [2.45, 2.75) is 17.5 Å². The fraction of sp³-hybridized carbons (Fsp3) is 0.600. The zero-order valence-electron chi connectivity index (χ0n) is 5.28. The SMILES string of the molecule is O=C(O)CC[C@H]([AsH2])C(=O)O. The second-order valence-corrected chi connectivity index (χ2v) is 3.57. The Morgan fingerprint density at radius 1 is 1.40 bits per heavy atom. The van der Waals surface area contributed by atoms with Gasteiger partial charge in [0.2, 0.25) is 0 Å². The normalized spacial score (nSPS) is 12.5. The van der Waals surface area contributed by atoms with Gasteiger partial charge in [-0.25, -0.2) is 0 Å². The van der Waals surface area contributed by atoms with Crippen LogP contribution in [0.3, 0.4) is 0 Å². The van der Waals surface area contributed by atoms with Crippen molar-refractivity contribution in [1.82, 2.24) is 0 Å². The number of hydrogen-bond donors (Lipinski definition) is 2. The maximum atomic E-state index is 10.1. The van der Waals surface area contributed by atoms with E-state index in [1.165, 1.54) is 0 Å². The van der Waals surface area contributed by atoms with Crippen LogP contribution in [-0.2, 0) is 9.59 Å². The molecule has 0 aromatic carbocycles. The topological polar surface area (TPSA) is 74.6 Å². The predicted octanol–water partition coefficient (Wildman–Crippen LogP) is -0.643. The molecule has 0 heterocycles. The molecule has 0 bridgehead atoms. The molecule has 10 heavy (non-hydrogen) atoms. The number of rotatable bonds is 4. The van der Waals surface area contributed by atoms with Crippen LogP contribution in [0.25, 0.3) is 0 Å². The summed E-state index contributed by atoms with van der Waals surface area (Å²) in [4.78, 5) is 20.1. The number of carboxylic acid groups (broad SMARTS) is 2. The summed E-state index contributed by atoms with van der Waals surface area (Å²) >= 11 is 1.05. The average Bonchev–Trinajstić information content (AvgIpc) is 1.82. The van der Waals surface area contributed by atoms with Gasteiger partial charge in [0.1, 0.15) is 0 Å². The van der Waals surface area contributed by atoms with Gasteiger partial charge in [-0.15, -0.1) is 0 Å². The summed E-state index contributed by atoms with van der Waals surface area (Å²) in [6, 6.07) is 0. The van der Waals surface area contributed by atoms with Gasteiger partial charge in [0.25, 0.3) is 0 Å². The van der Waals surface area contributed by atoms with E-state index in [1.807, 2.05) is 0 Å². The van der Waals surface area contributed by atoms with Crippen molar-refractivity contribution in [3.63, 3.8) is 0 Å².